The number of rotatable bonds is 49. The Bertz CT molecular complexity index is 3340. The maximum Gasteiger partial charge on any atom is 0.262 e. The molecule has 0 aliphatic heterocycles. The average molecular weight is 1380 g/mol. The average Bonchev–Trinajstić information content (AvgIpc) is 1.05. The maximum absolute atomic E-state index is 13.9. The molecule has 0 saturated heterocycles. The summed E-state index contributed by atoms with van der Waals surface area (Å²) in [4.78, 5) is 64.8. The molecule has 3 heterocycles. The molecule has 5 amide bonds. The van der Waals surface area contributed by atoms with Crippen molar-refractivity contribution in [2.24, 2.45) is 11.8 Å². The normalized spacial score (nSPS) is 12.9. The quantitative estimate of drug-likeness (QED) is 0.0159. The molecule has 3 aromatic heterocycles. The Morgan fingerprint density at radius 3 is 1.42 bits per heavy atom. The number of hydrogen-bond acceptors (Lipinski definition) is 24. The predicted molar refractivity (Wildman–Crippen MR) is 338 cm³/mol. The lowest BCUT2D eigenvalue weighted by Gasteiger charge is -2.31. The van der Waals surface area contributed by atoms with Crippen LogP contribution < -0.4 is 31.6 Å². The SMILES string of the molecule is CCCCc1cn(CC(=O)NC(CCC(=O)NCCOCCOCCOCCn2cc(CN([C@@H](C(=O)NO)C(C)C)S(=O)(=O)c3ccc(OC)cc3)nn2)C(=O)NCCOCCOCCOCCn2cc(CN([C@@H](C(=O)NO)C(C)C)S(=O)(=O)c3ccc(C)cc3)nn2)nn1. The van der Waals surface area contributed by atoms with Crippen LogP contribution in [0.2, 0.25) is 0 Å². The smallest absolute Gasteiger partial charge is 0.262 e. The number of nitrogens with zero attached hydrogens (tertiary/aromatic N) is 11. The summed E-state index contributed by atoms with van der Waals surface area (Å²) in [5.41, 5.74) is 5.29. The minimum atomic E-state index is -4.27. The van der Waals surface area contributed by atoms with Gasteiger partial charge in [-0.15, -0.1) is 15.3 Å². The number of hydrogen-bond donors (Lipinski definition) is 7. The van der Waals surface area contributed by atoms with E-state index in [0.29, 0.717) is 12.2 Å². The lowest BCUT2D eigenvalue weighted by atomic mass is 10.0. The number of aryl methyl sites for hydroxylation is 2. The van der Waals surface area contributed by atoms with Crippen molar-refractivity contribution in [3.63, 3.8) is 0 Å². The second-order valence-electron chi connectivity index (χ2n) is 22.3. The molecule has 0 saturated carbocycles. The first-order valence-corrected chi connectivity index (χ1v) is 34.1. The van der Waals surface area contributed by atoms with Crippen LogP contribution in [0, 0.1) is 18.8 Å². The van der Waals surface area contributed by atoms with Gasteiger partial charge < -0.3 is 49.1 Å². The monoisotopic (exact) mass is 1380 g/mol. The first-order chi connectivity index (χ1) is 45.6. The molecule has 0 bridgehead atoms. The van der Waals surface area contributed by atoms with E-state index in [1.807, 2.05) is 6.92 Å². The second-order valence-corrected chi connectivity index (χ2v) is 26.1. The highest BCUT2D eigenvalue weighted by molar-refractivity contribution is 7.89. The Hall–Kier alpha value is -7.49. The number of nitrogens with one attached hydrogen (secondary N) is 5. The van der Waals surface area contributed by atoms with Crippen LogP contribution in [-0.4, -0.2) is 228 Å². The van der Waals surface area contributed by atoms with Gasteiger partial charge in [-0.3, -0.25) is 34.4 Å². The van der Waals surface area contributed by atoms with Crippen LogP contribution in [0.1, 0.15) is 82.9 Å². The molecule has 0 radical (unpaired) electrons. The van der Waals surface area contributed by atoms with Crippen LogP contribution in [-0.2, 0) is 112 Å². The Morgan fingerprint density at radius 2 is 0.968 bits per heavy atom. The van der Waals surface area contributed by atoms with Gasteiger partial charge in [0.15, 0.2) is 0 Å². The molecule has 2 aromatic carbocycles. The summed E-state index contributed by atoms with van der Waals surface area (Å²) in [6.45, 7) is 13.3. The van der Waals surface area contributed by atoms with Gasteiger partial charge in [-0.25, -0.2) is 41.8 Å². The Morgan fingerprint density at radius 1 is 0.547 bits per heavy atom. The number of benzene rings is 2. The number of sulfonamides is 2. The molecular weight excluding hydrogens is 1280 g/mol. The zero-order valence-electron chi connectivity index (χ0n) is 54.9. The van der Waals surface area contributed by atoms with Crippen LogP contribution in [0.15, 0.2) is 76.9 Å². The van der Waals surface area contributed by atoms with Crippen LogP contribution in [0.3, 0.4) is 0 Å². The summed E-state index contributed by atoms with van der Waals surface area (Å²) in [6.07, 6.45) is 7.28. The third kappa shape index (κ3) is 26.6. The molecule has 36 heteroatoms. The fourth-order valence-corrected chi connectivity index (χ4v) is 12.7. The standard InChI is InChI=1S/C59H92N16O18S2/c1-8-9-10-46-37-73(70-63-46)42-54(77)62-52(57(78)61-22-26-89-30-34-93-36-32-91-27-23-71-38-47(64-68-71)40-74(55(43(2)3)58(79)66-81)94(83,84)50-15-11-45(6)12-16-50)19-20-53(76)60-21-25-88-29-33-92-35-31-90-28-24-72-39-48(65-69-72)41-75(56(44(4)5)59(80)67-82)95(85,86)51-17-13-49(87-7)14-18-51/h11-18,37-39,43-44,52,55-56,81-82H,8-10,19-36,40-42H2,1-7H3,(H,60,76)(H,61,78)(H,62,77)(H,66,79)(H,67,80)/t52?,55-,56-/m1/s1. The number of carbonyl (C=O) groups excluding carboxylic acids is 5. The maximum atomic E-state index is 13.9. The van der Waals surface area contributed by atoms with Crippen molar-refractivity contribution in [3.05, 3.63) is 89.8 Å². The molecular formula is C59H92N16O18S2. The van der Waals surface area contributed by atoms with Gasteiger partial charge in [0.25, 0.3) is 11.8 Å². The minimum absolute atomic E-state index is 0.00835. The zero-order chi connectivity index (χ0) is 69.2. The van der Waals surface area contributed by atoms with Crippen LogP contribution in [0.4, 0.5) is 0 Å². The van der Waals surface area contributed by atoms with Crippen molar-refractivity contribution in [2.75, 3.05) is 99.5 Å². The summed E-state index contributed by atoms with van der Waals surface area (Å²) in [5, 5.41) is 51.7. The first kappa shape index (κ1) is 78.2. The highest BCUT2D eigenvalue weighted by Gasteiger charge is 2.40. The molecule has 5 aromatic rings. The highest BCUT2D eigenvalue weighted by atomic mass is 32.2. The molecule has 34 nitrogen and oxygen atoms in total. The number of carbonyl (C=O) groups is 5. The van der Waals surface area contributed by atoms with Crippen molar-refractivity contribution in [1.29, 1.82) is 0 Å². The van der Waals surface area contributed by atoms with Crippen LogP contribution >= 0.6 is 0 Å². The molecule has 528 valence electrons. The molecule has 7 N–H and O–H groups in total. The van der Waals surface area contributed by atoms with Crippen molar-refractivity contribution >= 4 is 49.6 Å². The predicted octanol–water partition coefficient (Wildman–Crippen LogP) is 0.560. The van der Waals surface area contributed by atoms with Crippen molar-refractivity contribution in [2.45, 2.75) is 134 Å². The minimum Gasteiger partial charge on any atom is -0.497 e. The van der Waals surface area contributed by atoms with Gasteiger partial charge in [0.1, 0.15) is 30.4 Å². The summed E-state index contributed by atoms with van der Waals surface area (Å²) in [5.74, 6) is -3.76. The number of methoxy groups -OCH3 is 1. The first-order valence-electron chi connectivity index (χ1n) is 31.2. The summed E-state index contributed by atoms with van der Waals surface area (Å²) in [6, 6.07) is 8.33. The van der Waals surface area contributed by atoms with E-state index in [-0.39, 0.29) is 165 Å². The molecule has 0 fully saturated rings. The van der Waals surface area contributed by atoms with Gasteiger partial charge in [-0.05, 0) is 74.4 Å². The number of aromatic nitrogens is 9. The topological polar surface area (TPSA) is 417 Å². The number of ether oxygens (including phenoxy) is 7. The van der Waals surface area contributed by atoms with Crippen LogP contribution in [0.25, 0.3) is 0 Å². The van der Waals surface area contributed by atoms with Crippen molar-refractivity contribution in [1.82, 2.24) is 80.5 Å². The van der Waals surface area contributed by atoms with E-state index in [9.17, 15) is 51.2 Å². The van der Waals surface area contributed by atoms with E-state index in [1.54, 1.807) is 69.4 Å². The lowest BCUT2D eigenvalue weighted by molar-refractivity contribution is -0.135. The highest BCUT2D eigenvalue weighted by Crippen LogP contribution is 2.27. The molecule has 3 atom stereocenters. The Balaban J connectivity index is 0.942. The third-order valence-electron chi connectivity index (χ3n) is 14.3. The summed E-state index contributed by atoms with van der Waals surface area (Å²) >= 11 is 0. The van der Waals surface area contributed by atoms with Gasteiger partial charge in [0, 0.05) is 38.1 Å². The van der Waals surface area contributed by atoms with Gasteiger partial charge in [-0.2, -0.15) is 8.61 Å². The molecule has 1 unspecified atom stereocenters. The fraction of sp³-hybridized carbons (Fsp3) is 0.610. The van der Waals surface area contributed by atoms with E-state index in [0.717, 1.165) is 32.7 Å². The van der Waals surface area contributed by atoms with Gasteiger partial charge in [-0.1, -0.05) is 74.4 Å². The van der Waals surface area contributed by atoms with E-state index in [2.05, 4.69) is 53.8 Å². The third-order valence-corrected chi connectivity index (χ3v) is 17.9. The van der Waals surface area contributed by atoms with Crippen molar-refractivity contribution in [3.8, 4) is 5.75 Å². The summed E-state index contributed by atoms with van der Waals surface area (Å²) < 4.78 is 101. The van der Waals surface area contributed by atoms with E-state index < -0.39 is 73.6 Å². The summed E-state index contributed by atoms with van der Waals surface area (Å²) in [7, 11) is -7.04. The Kier molecular flexibility index (Phi) is 34.1. The van der Waals surface area contributed by atoms with Crippen LogP contribution in [0.5, 0.6) is 5.75 Å². The van der Waals surface area contributed by atoms with E-state index in [1.165, 1.54) is 57.6 Å². The fourth-order valence-electron chi connectivity index (χ4n) is 9.36. The van der Waals surface area contributed by atoms with Gasteiger partial charge >= 0.3 is 0 Å². The van der Waals surface area contributed by atoms with Gasteiger partial charge in [0.05, 0.1) is 139 Å². The molecule has 95 heavy (non-hydrogen) atoms. The lowest BCUT2D eigenvalue weighted by Crippen LogP contribution is -2.51. The molecule has 0 spiro atoms. The number of unbranched alkanes of at least 4 members (excludes halogenated alkanes) is 1. The zero-order valence-corrected chi connectivity index (χ0v) is 56.5. The van der Waals surface area contributed by atoms with E-state index in [4.69, 9.17) is 33.2 Å². The van der Waals surface area contributed by atoms with Crippen molar-refractivity contribution < 1.29 is 84.4 Å². The molecule has 0 aliphatic rings. The number of hydroxylamine groups is 2. The van der Waals surface area contributed by atoms with Gasteiger partial charge in [0.2, 0.25) is 37.8 Å². The molecule has 0 aliphatic carbocycles. The molecule has 5 rings (SSSR count). The largest absolute Gasteiger partial charge is 0.497 e. The Labute approximate surface area is 553 Å². The second kappa shape index (κ2) is 41.5. The van der Waals surface area contributed by atoms with E-state index >= 15 is 0 Å². The number of amides is 5.